The number of carbonyl (C=O) groups excluding carboxylic acids is 1. The highest BCUT2D eigenvalue weighted by molar-refractivity contribution is 7.21. The summed E-state index contributed by atoms with van der Waals surface area (Å²) in [6, 6.07) is 3.70. The van der Waals surface area contributed by atoms with Crippen LogP contribution in [0.4, 0.5) is 5.69 Å². The van der Waals surface area contributed by atoms with Gasteiger partial charge in [0.25, 0.3) is 5.91 Å². The van der Waals surface area contributed by atoms with Crippen molar-refractivity contribution in [3.8, 4) is 0 Å². The van der Waals surface area contributed by atoms with Gasteiger partial charge >= 0.3 is 0 Å². The summed E-state index contributed by atoms with van der Waals surface area (Å²) in [4.78, 5) is 20.6. The van der Waals surface area contributed by atoms with Crippen LogP contribution in [0.5, 0.6) is 0 Å². The molecule has 0 aromatic carbocycles. The average Bonchev–Trinajstić information content (AvgIpc) is 3.08. The van der Waals surface area contributed by atoms with E-state index in [1.807, 2.05) is 12.1 Å². The molecule has 1 amide bonds. The lowest BCUT2D eigenvalue weighted by Crippen LogP contribution is -2.25. The third-order valence-electron chi connectivity index (χ3n) is 2.72. The van der Waals surface area contributed by atoms with E-state index in [-0.39, 0.29) is 5.91 Å². The molecular formula is C12H11N5O2S. The van der Waals surface area contributed by atoms with Crippen molar-refractivity contribution >= 4 is 33.1 Å². The number of pyridine rings is 1. The second-order valence-electron chi connectivity index (χ2n) is 4.04. The summed E-state index contributed by atoms with van der Waals surface area (Å²) in [6.45, 7) is 0.405. The first-order valence-corrected chi connectivity index (χ1v) is 6.74. The molecule has 0 saturated carbocycles. The highest BCUT2D eigenvalue weighted by Gasteiger charge is 2.16. The molecule has 3 heterocycles. The van der Waals surface area contributed by atoms with E-state index < -0.39 is 0 Å². The van der Waals surface area contributed by atoms with Crippen LogP contribution in [0.1, 0.15) is 15.6 Å². The van der Waals surface area contributed by atoms with Gasteiger partial charge < -0.3 is 15.6 Å². The van der Waals surface area contributed by atoms with E-state index in [1.54, 1.807) is 6.20 Å². The van der Waals surface area contributed by atoms with Crippen LogP contribution < -0.4 is 11.1 Å². The molecule has 0 atom stereocenters. The number of carbonyl (C=O) groups is 1. The zero-order chi connectivity index (χ0) is 13.9. The molecule has 0 saturated heterocycles. The summed E-state index contributed by atoms with van der Waals surface area (Å²) in [6.07, 6.45) is 3.46. The fourth-order valence-electron chi connectivity index (χ4n) is 1.79. The Kier molecular flexibility index (Phi) is 3.30. The first kappa shape index (κ1) is 12.5. The lowest BCUT2D eigenvalue weighted by Gasteiger charge is -2.01. The Hall–Kier alpha value is -2.48. The van der Waals surface area contributed by atoms with Crippen LogP contribution in [0.2, 0.25) is 0 Å². The lowest BCUT2D eigenvalue weighted by molar-refractivity contribution is 0.0958. The molecule has 7 nitrogen and oxygen atoms in total. The van der Waals surface area contributed by atoms with Crippen LogP contribution in [-0.2, 0) is 6.42 Å². The summed E-state index contributed by atoms with van der Waals surface area (Å²) in [5.41, 5.74) is 7.04. The molecule has 3 N–H and O–H groups in total. The molecule has 0 fully saturated rings. The molecule has 0 aliphatic heterocycles. The molecule has 20 heavy (non-hydrogen) atoms. The number of hydrogen-bond acceptors (Lipinski definition) is 7. The minimum Gasteiger partial charge on any atom is -0.396 e. The minimum absolute atomic E-state index is 0.218. The highest BCUT2D eigenvalue weighted by Crippen LogP contribution is 2.31. The molecule has 0 aliphatic rings. The van der Waals surface area contributed by atoms with Crippen LogP contribution in [0.15, 0.2) is 29.2 Å². The number of aromatic nitrogens is 3. The molecule has 3 rings (SSSR count). The highest BCUT2D eigenvalue weighted by atomic mass is 32.1. The van der Waals surface area contributed by atoms with Gasteiger partial charge in [0.1, 0.15) is 10.4 Å². The van der Waals surface area contributed by atoms with Crippen molar-refractivity contribution in [2.24, 2.45) is 0 Å². The van der Waals surface area contributed by atoms with Crippen LogP contribution >= 0.6 is 11.3 Å². The van der Waals surface area contributed by atoms with E-state index in [9.17, 15) is 4.79 Å². The standard InChI is InChI=1S/C12H11N5O2S/c13-9-10-7(2-1-4-14-10)20-11(9)12(18)15-5-3-8-16-6-17-19-8/h1-2,4,6H,3,5,13H2,(H,15,18). The van der Waals surface area contributed by atoms with E-state index >= 15 is 0 Å². The number of hydrogen-bond donors (Lipinski definition) is 2. The van der Waals surface area contributed by atoms with Gasteiger partial charge in [-0.2, -0.15) is 4.98 Å². The van der Waals surface area contributed by atoms with Crippen LogP contribution in [0, 0.1) is 0 Å². The molecule has 3 aromatic rings. The fraction of sp³-hybridized carbons (Fsp3) is 0.167. The van der Waals surface area contributed by atoms with E-state index in [1.165, 1.54) is 17.7 Å². The van der Waals surface area contributed by atoms with Gasteiger partial charge in [-0.05, 0) is 12.1 Å². The van der Waals surface area contributed by atoms with Crippen LogP contribution in [-0.4, -0.2) is 27.6 Å². The van der Waals surface area contributed by atoms with Crippen LogP contribution in [0.3, 0.4) is 0 Å². The normalized spacial score (nSPS) is 10.8. The Balaban J connectivity index is 1.71. The van der Waals surface area contributed by atoms with Crippen molar-refractivity contribution in [1.29, 1.82) is 0 Å². The SMILES string of the molecule is Nc1c(C(=O)NCCc2ncno2)sc2cccnc12. The number of nitrogen functional groups attached to an aromatic ring is 1. The summed E-state index contributed by atoms with van der Waals surface area (Å²) in [5, 5.41) is 6.27. The van der Waals surface area contributed by atoms with Gasteiger partial charge in [-0.1, -0.05) is 5.16 Å². The minimum atomic E-state index is -0.218. The zero-order valence-electron chi connectivity index (χ0n) is 10.4. The van der Waals surface area contributed by atoms with Gasteiger partial charge in [-0.25, -0.2) is 0 Å². The maximum atomic E-state index is 12.1. The second kappa shape index (κ2) is 5.25. The van der Waals surface area contributed by atoms with E-state index in [2.05, 4.69) is 20.4 Å². The number of rotatable bonds is 4. The Morgan fingerprint density at radius 2 is 2.35 bits per heavy atom. The molecule has 0 radical (unpaired) electrons. The molecule has 0 unspecified atom stereocenters. The van der Waals surface area contributed by atoms with Crippen molar-refractivity contribution in [1.82, 2.24) is 20.4 Å². The zero-order valence-corrected chi connectivity index (χ0v) is 11.2. The predicted molar refractivity (Wildman–Crippen MR) is 74.4 cm³/mol. The van der Waals surface area contributed by atoms with Crippen LogP contribution in [0.25, 0.3) is 10.2 Å². The molecule has 0 bridgehead atoms. The smallest absolute Gasteiger partial charge is 0.263 e. The lowest BCUT2D eigenvalue weighted by atomic mass is 10.3. The second-order valence-corrected chi connectivity index (χ2v) is 5.09. The van der Waals surface area contributed by atoms with Gasteiger partial charge in [0.05, 0.1) is 10.4 Å². The Morgan fingerprint density at radius 1 is 1.45 bits per heavy atom. The number of nitrogens with zero attached hydrogens (tertiary/aromatic N) is 3. The van der Waals surface area contributed by atoms with Crippen molar-refractivity contribution < 1.29 is 9.32 Å². The van der Waals surface area contributed by atoms with Crippen molar-refractivity contribution in [3.63, 3.8) is 0 Å². The molecule has 8 heteroatoms. The predicted octanol–water partition coefficient (Wildman–Crippen LogP) is 1.23. The molecule has 0 aliphatic carbocycles. The maximum Gasteiger partial charge on any atom is 0.263 e. The number of nitrogens with two attached hydrogens (primary N) is 1. The van der Waals surface area contributed by atoms with Crippen molar-refractivity contribution in [2.45, 2.75) is 6.42 Å². The van der Waals surface area contributed by atoms with Gasteiger partial charge in [0.15, 0.2) is 6.33 Å². The van der Waals surface area contributed by atoms with E-state index in [4.69, 9.17) is 10.3 Å². The number of fused-ring (bicyclic) bond motifs is 1. The first-order valence-electron chi connectivity index (χ1n) is 5.92. The summed E-state index contributed by atoms with van der Waals surface area (Å²) in [5.74, 6) is 0.265. The Bertz CT molecular complexity index is 737. The summed E-state index contributed by atoms with van der Waals surface area (Å²) >= 11 is 1.33. The third kappa shape index (κ3) is 2.32. The Morgan fingerprint density at radius 3 is 3.10 bits per heavy atom. The van der Waals surface area contributed by atoms with Gasteiger partial charge in [0, 0.05) is 19.2 Å². The molecular weight excluding hydrogens is 278 g/mol. The van der Waals surface area contributed by atoms with E-state index in [0.717, 1.165) is 4.70 Å². The topological polar surface area (TPSA) is 107 Å². The fourth-order valence-corrected chi connectivity index (χ4v) is 2.78. The van der Waals surface area contributed by atoms with Crippen molar-refractivity contribution in [2.75, 3.05) is 12.3 Å². The first-order chi connectivity index (χ1) is 9.75. The maximum absolute atomic E-state index is 12.1. The van der Waals surface area contributed by atoms with Crippen molar-refractivity contribution in [3.05, 3.63) is 35.4 Å². The largest absolute Gasteiger partial charge is 0.396 e. The number of amides is 1. The summed E-state index contributed by atoms with van der Waals surface area (Å²) in [7, 11) is 0. The molecule has 0 spiro atoms. The molecule has 102 valence electrons. The number of nitrogens with one attached hydrogen (secondary N) is 1. The summed E-state index contributed by atoms with van der Waals surface area (Å²) < 4.78 is 5.74. The van der Waals surface area contributed by atoms with Gasteiger partial charge in [-0.15, -0.1) is 11.3 Å². The Labute approximate surface area is 117 Å². The van der Waals surface area contributed by atoms with Gasteiger partial charge in [0.2, 0.25) is 5.89 Å². The molecule has 3 aromatic heterocycles. The monoisotopic (exact) mass is 289 g/mol. The average molecular weight is 289 g/mol. The van der Waals surface area contributed by atoms with Gasteiger partial charge in [-0.3, -0.25) is 9.78 Å². The van der Waals surface area contributed by atoms with E-state index in [0.29, 0.717) is 34.9 Å². The quantitative estimate of drug-likeness (QED) is 0.748. The number of anilines is 1. The third-order valence-corrected chi connectivity index (χ3v) is 3.88. The number of thiophene rings is 1.